The molecule has 0 spiro atoms. The Morgan fingerprint density at radius 1 is 1.15 bits per heavy atom. The second kappa shape index (κ2) is 12.2. The number of rotatable bonds is 0. The van der Waals surface area contributed by atoms with Gasteiger partial charge in [-0.1, -0.05) is 58.7 Å². The Bertz CT molecular complexity index is 103. The summed E-state index contributed by atoms with van der Waals surface area (Å²) >= 11 is 0. The third kappa shape index (κ3) is 18.9. The molecule has 2 N–H and O–H groups in total. The molecule has 0 saturated heterocycles. The SMILES string of the molecule is C=S(C)N.CC.CC1CCCCC1. The van der Waals surface area contributed by atoms with E-state index in [9.17, 15) is 0 Å². The molecule has 0 aliphatic heterocycles. The molecule has 82 valence electrons. The van der Waals surface area contributed by atoms with Crippen LogP contribution in [0.1, 0.15) is 52.9 Å². The lowest BCUT2D eigenvalue weighted by Gasteiger charge is -2.15. The summed E-state index contributed by atoms with van der Waals surface area (Å²) < 4.78 is 0. The van der Waals surface area contributed by atoms with Gasteiger partial charge in [-0.2, -0.15) is 0 Å². The topological polar surface area (TPSA) is 26.0 Å². The Balaban J connectivity index is 0. The molecular formula is C11H27NS. The Labute approximate surface area is 87.2 Å². The monoisotopic (exact) mass is 205 g/mol. The van der Waals surface area contributed by atoms with Crippen molar-refractivity contribution in [3.05, 3.63) is 0 Å². The van der Waals surface area contributed by atoms with Gasteiger partial charge in [-0.3, -0.25) is 5.14 Å². The van der Waals surface area contributed by atoms with Crippen LogP contribution in [0.2, 0.25) is 0 Å². The van der Waals surface area contributed by atoms with Crippen molar-refractivity contribution >= 4 is 16.5 Å². The van der Waals surface area contributed by atoms with Gasteiger partial charge < -0.3 is 0 Å². The van der Waals surface area contributed by atoms with Crippen molar-refractivity contribution in [3.8, 4) is 0 Å². The van der Waals surface area contributed by atoms with Crippen molar-refractivity contribution in [1.29, 1.82) is 0 Å². The fourth-order valence-electron chi connectivity index (χ4n) is 1.31. The molecule has 1 saturated carbocycles. The predicted octanol–water partition coefficient (Wildman–Crippen LogP) is 3.80. The van der Waals surface area contributed by atoms with E-state index in [0.29, 0.717) is 0 Å². The van der Waals surface area contributed by atoms with Gasteiger partial charge in [-0.25, -0.2) is 0 Å². The van der Waals surface area contributed by atoms with E-state index in [4.69, 9.17) is 5.14 Å². The first-order valence-electron chi connectivity index (χ1n) is 5.33. The summed E-state index contributed by atoms with van der Waals surface area (Å²) in [7, 11) is -0.111. The van der Waals surface area contributed by atoms with Crippen LogP contribution in [0.5, 0.6) is 0 Å². The highest BCUT2D eigenvalue weighted by Gasteiger charge is 2.05. The molecule has 13 heavy (non-hydrogen) atoms. The van der Waals surface area contributed by atoms with E-state index in [1.165, 1.54) is 32.1 Å². The van der Waals surface area contributed by atoms with Crippen LogP contribution in [0.25, 0.3) is 0 Å². The highest BCUT2D eigenvalue weighted by molar-refractivity contribution is 8.11. The minimum absolute atomic E-state index is 0.111. The zero-order valence-electron chi connectivity index (χ0n) is 9.81. The number of hydrogen-bond donors (Lipinski definition) is 1. The van der Waals surface area contributed by atoms with Gasteiger partial charge in [0.25, 0.3) is 0 Å². The highest BCUT2D eigenvalue weighted by Crippen LogP contribution is 2.21. The largest absolute Gasteiger partial charge is 0.284 e. The average molecular weight is 205 g/mol. The zero-order chi connectivity index (χ0) is 10.7. The van der Waals surface area contributed by atoms with E-state index in [1.807, 2.05) is 20.1 Å². The van der Waals surface area contributed by atoms with Gasteiger partial charge in [0.2, 0.25) is 0 Å². The maximum atomic E-state index is 5.03. The first kappa shape index (κ1) is 15.6. The summed E-state index contributed by atoms with van der Waals surface area (Å²) in [6, 6.07) is 0. The lowest BCUT2D eigenvalue weighted by Crippen LogP contribution is -1.99. The molecule has 1 aliphatic rings. The summed E-state index contributed by atoms with van der Waals surface area (Å²) in [6.45, 7) is 6.36. The lowest BCUT2D eigenvalue weighted by molar-refractivity contribution is 0.385. The molecule has 1 fully saturated rings. The van der Waals surface area contributed by atoms with Crippen LogP contribution in [-0.4, -0.2) is 12.1 Å². The maximum Gasteiger partial charge on any atom is -0.0109 e. The second-order valence-electron chi connectivity index (χ2n) is 3.43. The summed E-state index contributed by atoms with van der Waals surface area (Å²) in [5.41, 5.74) is 0. The smallest absolute Gasteiger partial charge is 0.0109 e. The van der Waals surface area contributed by atoms with Gasteiger partial charge in [-0.05, 0) is 12.2 Å². The summed E-state index contributed by atoms with van der Waals surface area (Å²) in [5, 5.41) is 5.03. The third-order valence-corrected chi connectivity index (χ3v) is 1.89. The number of hydrogen-bond acceptors (Lipinski definition) is 1. The van der Waals surface area contributed by atoms with Crippen molar-refractivity contribution in [2.45, 2.75) is 52.9 Å². The Morgan fingerprint density at radius 3 is 1.62 bits per heavy atom. The van der Waals surface area contributed by atoms with Crippen molar-refractivity contribution in [2.75, 3.05) is 6.26 Å². The van der Waals surface area contributed by atoms with Gasteiger partial charge in [-0.15, -0.1) is 10.7 Å². The van der Waals surface area contributed by atoms with Crippen molar-refractivity contribution in [1.82, 2.24) is 0 Å². The Kier molecular flexibility index (Phi) is 14.7. The molecule has 0 aromatic carbocycles. The molecule has 1 rings (SSSR count). The average Bonchev–Trinajstić information content (AvgIpc) is 2.08. The van der Waals surface area contributed by atoms with E-state index in [1.54, 1.807) is 0 Å². The first-order chi connectivity index (χ1) is 6.13. The molecule has 0 radical (unpaired) electrons. The van der Waals surface area contributed by atoms with E-state index in [2.05, 4.69) is 12.8 Å². The van der Waals surface area contributed by atoms with Crippen LogP contribution in [-0.2, 0) is 0 Å². The van der Waals surface area contributed by atoms with Gasteiger partial charge in [0.1, 0.15) is 0 Å². The molecule has 0 heterocycles. The summed E-state index contributed by atoms with van der Waals surface area (Å²) in [6.07, 6.45) is 9.30. The van der Waals surface area contributed by atoms with Crippen LogP contribution in [0.15, 0.2) is 0 Å². The minimum atomic E-state index is -0.111. The predicted molar refractivity (Wildman–Crippen MR) is 68.4 cm³/mol. The Hall–Kier alpha value is 0.180. The van der Waals surface area contributed by atoms with Gasteiger partial charge in [0, 0.05) is 0 Å². The zero-order valence-corrected chi connectivity index (χ0v) is 10.6. The van der Waals surface area contributed by atoms with Crippen LogP contribution in [0.3, 0.4) is 0 Å². The van der Waals surface area contributed by atoms with Crippen LogP contribution in [0, 0.1) is 5.92 Å². The molecular weight excluding hydrogens is 178 g/mol. The van der Waals surface area contributed by atoms with Crippen LogP contribution < -0.4 is 5.14 Å². The van der Waals surface area contributed by atoms with E-state index in [0.717, 1.165) is 5.92 Å². The van der Waals surface area contributed by atoms with E-state index < -0.39 is 0 Å². The fourth-order valence-corrected chi connectivity index (χ4v) is 1.31. The third-order valence-electron chi connectivity index (χ3n) is 1.89. The minimum Gasteiger partial charge on any atom is -0.284 e. The van der Waals surface area contributed by atoms with Crippen LogP contribution >= 0.6 is 10.7 Å². The molecule has 0 bridgehead atoms. The first-order valence-corrected chi connectivity index (χ1v) is 7.19. The second-order valence-corrected chi connectivity index (χ2v) is 4.82. The molecule has 1 nitrogen and oxygen atoms in total. The van der Waals surface area contributed by atoms with Gasteiger partial charge in [0.15, 0.2) is 0 Å². The van der Waals surface area contributed by atoms with Crippen molar-refractivity contribution in [3.63, 3.8) is 0 Å². The quantitative estimate of drug-likeness (QED) is 0.598. The van der Waals surface area contributed by atoms with Crippen molar-refractivity contribution < 1.29 is 0 Å². The fraction of sp³-hybridized carbons (Fsp3) is 0.909. The molecule has 0 aromatic heterocycles. The number of nitrogens with two attached hydrogens (primary N) is 1. The molecule has 1 aliphatic carbocycles. The van der Waals surface area contributed by atoms with Crippen molar-refractivity contribution in [2.24, 2.45) is 11.1 Å². The summed E-state index contributed by atoms with van der Waals surface area (Å²) in [4.78, 5) is 0. The van der Waals surface area contributed by atoms with E-state index >= 15 is 0 Å². The standard InChI is InChI=1S/C7H14.C2H7NS.C2H6/c1-7-5-3-2-4-6-7;1-4(2)3;1-2/h7H,2-6H2,1H3;1,3H2,2H3;1-2H3. The van der Waals surface area contributed by atoms with Crippen LogP contribution in [0.4, 0.5) is 0 Å². The normalized spacial score (nSPS) is 18.8. The van der Waals surface area contributed by atoms with Gasteiger partial charge >= 0.3 is 0 Å². The maximum absolute atomic E-state index is 5.03. The lowest BCUT2D eigenvalue weighted by atomic mass is 9.91. The molecule has 2 heteroatoms. The molecule has 1 unspecified atom stereocenters. The summed E-state index contributed by atoms with van der Waals surface area (Å²) in [5.74, 6) is 4.48. The van der Waals surface area contributed by atoms with Gasteiger partial charge in [0.05, 0.1) is 0 Å². The molecule has 0 aromatic rings. The molecule has 0 amide bonds. The Morgan fingerprint density at radius 2 is 1.46 bits per heavy atom. The van der Waals surface area contributed by atoms with E-state index in [-0.39, 0.29) is 10.7 Å². The highest BCUT2D eigenvalue weighted by atomic mass is 32.2. The molecule has 1 atom stereocenters.